The predicted molar refractivity (Wildman–Crippen MR) is 48.8 cm³/mol. The van der Waals surface area contributed by atoms with Crippen LogP contribution in [0.4, 0.5) is 0 Å². The van der Waals surface area contributed by atoms with E-state index in [1.54, 1.807) is 13.8 Å². The maximum Gasteiger partial charge on any atom is 0.332 e. The van der Waals surface area contributed by atoms with Gasteiger partial charge in [0, 0.05) is 6.16 Å². The second-order valence-electron chi connectivity index (χ2n) is 2.22. The fourth-order valence-electron chi connectivity index (χ4n) is 0.658. The van der Waals surface area contributed by atoms with Crippen LogP contribution < -0.4 is 0 Å². The van der Waals surface area contributed by atoms with Crippen molar-refractivity contribution >= 4 is 7.60 Å². The minimum Gasteiger partial charge on any atom is -0.394 e. The number of hydrogen-bond donors (Lipinski definition) is 1. The smallest absolute Gasteiger partial charge is 0.332 e. The molecule has 0 aromatic carbocycles. The van der Waals surface area contributed by atoms with Gasteiger partial charge in [-0.05, 0) is 6.92 Å². The van der Waals surface area contributed by atoms with E-state index in [4.69, 9.17) is 18.9 Å². The minimum atomic E-state index is -2.95. The lowest BCUT2D eigenvalue weighted by atomic mass is 10.8. The van der Waals surface area contributed by atoms with Crippen LogP contribution in [0.1, 0.15) is 13.8 Å². The van der Waals surface area contributed by atoms with E-state index in [2.05, 4.69) is 0 Å². The zero-order valence-electron chi connectivity index (χ0n) is 8.06. The Labute approximate surface area is 78.5 Å². The lowest BCUT2D eigenvalue weighted by molar-refractivity contribution is -0.00892. The molecule has 0 bridgehead atoms. The summed E-state index contributed by atoms with van der Waals surface area (Å²) in [4.78, 5) is 0. The quantitative estimate of drug-likeness (QED) is 0.372. The lowest BCUT2D eigenvalue weighted by Crippen LogP contribution is -2.05. The van der Waals surface area contributed by atoms with Gasteiger partial charge >= 0.3 is 7.60 Å². The number of aliphatic hydroxyl groups is 1. The highest BCUT2D eigenvalue weighted by Gasteiger charge is 2.20. The van der Waals surface area contributed by atoms with Crippen molar-refractivity contribution in [1.29, 1.82) is 0 Å². The maximum atomic E-state index is 11.6. The largest absolute Gasteiger partial charge is 0.394 e. The first-order valence-corrected chi connectivity index (χ1v) is 5.98. The van der Waals surface area contributed by atoms with Crippen molar-refractivity contribution in [3.05, 3.63) is 0 Å². The Bertz CT molecular complexity index is 161. The van der Waals surface area contributed by atoms with Gasteiger partial charge in [0.05, 0.1) is 19.8 Å². The van der Waals surface area contributed by atoms with Crippen LogP contribution in [0.15, 0.2) is 0 Å². The van der Waals surface area contributed by atoms with Crippen molar-refractivity contribution in [1.82, 2.24) is 0 Å². The molecule has 80 valence electrons. The highest BCUT2D eigenvalue weighted by molar-refractivity contribution is 7.53. The van der Waals surface area contributed by atoms with Crippen LogP contribution in [0.3, 0.4) is 0 Å². The molecule has 0 heterocycles. The predicted octanol–water partition coefficient (Wildman–Crippen LogP) is 1.22. The molecule has 0 fully saturated rings. The van der Waals surface area contributed by atoms with Crippen LogP contribution >= 0.6 is 7.60 Å². The van der Waals surface area contributed by atoms with E-state index in [0.717, 1.165) is 0 Å². The molecule has 0 saturated heterocycles. The fraction of sp³-hybridized carbons (Fsp3) is 1.00. The van der Waals surface area contributed by atoms with Gasteiger partial charge in [-0.2, -0.15) is 0 Å². The topological polar surface area (TPSA) is 65.0 Å². The van der Waals surface area contributed by atoms with Gasteiger partial charge in [-0.25, -0.2) is 0 Å². The van der Waals surface area contributed by atoms with Crippen LogP contribution in [-0.4, -0.2) is 37.9 Å². The molecule has 0 aliphatic rings. The summed E-state index contributed by atoms with van der Waals surface area (Å²) >= 11 is 0. The molecule has 0 spiro atoms. The Morgan fingerprint density at radius 2 is 2.00 bits per heavy atom. The number of aliphatic hydroxyl groups excluding tert-OH is 1. The molecule has 1 unspecified atom stereocenters. The van der Waals surface area contributed by atoms with Gasteiger partial charge in [0.15, 0.2) is 6.79 Å². The second-order valence-corrected chi connectivity index (χ2v) is 4.59. The van der Waals surface area contributed by atoms with Crippen LogP contribution in [0.25, 0.3) is 0 Å². The third kappa shape index (κ3) is 6.18. The van der Waals surface area contributed by atoms with Gasteiger partial charge in [0.25, 0.3) is 0 Å². The molecule has 5 nitrogen and oxygen atoms in total. The Hall–Kier alpha value is 0.0700. The fourth-order valence-corrected chi connectivity index (χ4v) is 1.73. The molecule has 1 N–H and O–H groups in total. The molecular weight excluding hydrogens is 195 g/mol. The molecule has 1 atom stereocenters. The number of rotatable bonds is 8. The van der Waals surface area contributed by atoms with Crippen LogP contribution in [-0.2, 0) is 18.3 Å². The summed E-state index contributed by atoms with van der Waals surface area (Å²) in [5, 5.41) is 8.38. The Morgan fingerprint density at radius 1 is 1.31 bits per heavy atom. The standard InChI is InChI=1S/C7H17O5P/c1-3-11-13(9,4-2)12-7-10-6-5-8/h8H,3-7H2,1-2H3. The third-order valence-corrected chi connectivity index (χ3v) is 3.21. The maximum absolute atomic E-state index is 11.6. The molecular formula is C7H17O5P. The summed E-state index contributed by atoms with van der Waals surface area (Å²) < 4.78 is 26.2. The van der Waals surface area contributed by atoms with E-state index in [-0.39, 0.29) is 20.0 Å². The summed E-state index contributed by atoms with van der Waals surface area (Å²) in [7, 11) is -2.95. The van der Waals surface area contributed by atoms with Crippen molar-refractivity contribution in [3.8, 4) is 0 Å². The average Bonchev–Trinajstić information content (AvgIpc) is 2.13. The minimum absolute atomic E-state index is 0.0750. The van der Waals surface area contributed by atoms with E-state index in [9.17, 15) is 4.57 Å². The first kappa shape index (κ1) is 13.1. The number of hydrogen-bond acceptors (Lipinski definition) is 5. The average molecular weight is 212 g/mol. The van der Waals surface area contributed by atoms with Crippen molar-refractivity contribution < 1.29 is 23.5 Å². The molecule has 0 aromatic heterocycles. The van der Waals surface area contributed by atoms with Crippen LogP contribution in [0.5, 0.6) is 0 Å². The van der Waals surface area contributed by atoms with Gasteiger partial charge in [0.1, 0.15) is 0 Å². The summed E-state index contributed by atoms with van der Waals surface area (Å²) in [6.07, 6.45) is 0.323. The van der Waals surface area contributed by atoms with E-state index in [1.807, 2.05) is 0 Å². The van der Waals surface area contributed by atoms with Gasteiger partial charge in [-0.15, -0.1) is 0 Å². The molecule has 0 aliphatic heterocycles. The lowest BCUT2D eigenvalue weighted by Gasteiger charge is -2.15. The molecule has 0 radical (unpaired) electrons. The highest BCUT2D eigenvalue weighted by Crippen LogP contribution is 2.47. The van der Waals surface area contributed by atoms with E-state index in [0.29, 0.717) is 12.8 Å². The van der Waals surface area contributed by atoms with Crippen molar-refractivity contribution in [2.24, 2.45) is 0 Å². The van der Waals surface area contributed by atoms with E-state index < -0.39 is 7.60 Å². The van der Waals surface area contributed by atoms with Gasteiger partial charge < -0.3 is 14.4 Å². The molecule has 0 aliphatic carbocycles. The Kier molecular flexibility index (Phi) is 7.51. The number of ether oxygens (including phenoxy) is 1. The molecule has 6 heteroatoms. The zero-order valence-corrected chi connectivity index (χ0v) is 8.96. The molecule has 0 rings (SSSR count). The van der Waals surface area contributed by atoms with Crippen LogP contribution in [0.2, 0.25) is 0 Å². The third-order valence-electron chi connectivity index (χ3n) is 1.28. The molecule has 0 amide bonds. The van der Waals surface area contributed by atoms with Crippen LogP contribution in [0, 0.1) is 0 Å². The van der Waals surface area contributed by atoms with E-state index >= 15 is 0 Å². The van der Waals surface area contributed by atoms with Crippen molar-refractivity contribution in [2.45, 2.75) is 13.8 Å². The monoisotopic (exact) mass is 212 g/mol. The first-order chi connectivity index (χ1) is 6.18. The van der Waals surface area contributed by atoms with Gasteiger partial charge in [-0.3, -0.25) is 9.09 Å². The van der Waals surface area contributed by atoms with E-state index in [1.165, 1.54) is 0 Å². The summed E-state index contributed by atoms with van der Waals surface area (Å²) in [6, 6.07) is 0. The second kappa shape index (κ2) is 7.47. The molecule has 0 aromatic rings. The first-order valence-electron chi connectivity index (χ1n) is 4.25. The zero-order chi connectivity index (χ0) is 10.2. The molecule has 0 saturated carbocycles. The van der Waals surface area contributed by atoms with Gasteiger partial charge in [0.2, 0.25) is 0 Å². The Morgan fingerprint density at radius 3 is 2.46 bits per heavy atom. The van der Waals surface area contributed by atoms with Gasteiger partial charge in [-0.1, -0.05) is 6.92 Å². The SMILES string of the molecule is CCOP(=O)(CC)OCOCCO. The molecule has 13 heavy (non-hydrogen) atoms. The Balaban J connectivity index is 3.64. The normalized spacial score (nSPS) is 15.6. The summed E-state index contributed by atoms with van der Waals surface area (Å²) in [5.74, 6) is 0. The van der Waals surface area contributed by atoms with Crippen molar-refractivity contribution in [2.75, 3.05) is 32.8 Å². The van der Waals surface area contributed by atoms with Crippen molar-refractivity contribution in [3.63, 3.8) is 0 Å². The highest BCUT2D eigenvalue weighted by atomic mass is 31.2. The summed E-state index contributed by atoms with van der Waals surface area (Å²) in [5.41, 5.74) is 0. The summed E-state index contributed by atoms with van der Waals surface area (Å²) in [6.45, 7) is 3.82.